The molecule has 8 nitrogen and oxygen atoms in total. The van der Waals surface area contributed by atoms with Crippen LogP contribution in [0.5, 0.6) is 0 Å². The molecular formula is C20H21N5O3S2. The second-order valence-electron chi connectivity index (χ2n) is 7.44. The van der Waals surface area contributed by atoms with E-state index in [1.54, 1.807) is 25.4 Å². The summed E-state index contributed by atoms with van der Waals surface area (Å²) in [4.78, 5) is 46.0. The Hall–Kier alpha value is -2.72. The summed E-state index contributed by atoms with van der Waals surface area (Å²) in [5.74, 6) is -0.205. The fraction of sp³-hybridized carbons (Fsp3) is 0.350. The lowest BCUT2D eigenvalue weighted by Gasteiger charge is -2.32. The average Bonchev–Trinajstić information content (AvgIpc) is 2.97. The molecule has 2 fully saturated rings. The number of aryl methyl sites for hydroxylation is 1. The first-order valence-electron chi connectivity index (χ1n) is 9.55. The van der Waals surface area contributed by atoms with Crippen LogP contribution >= 0.6 is 24.0 Å². The molecule has 4 heterocycles. The number of primary amides is 1. The van der Waals surface area contributed by atoms with Crippen LogP contribution in [0.2, 0.25) is 0 Å². The number of thiocarbonyl (C=S) groups is 1. The highest BCUT2D eigenvalue weighted by molar-refractivity contribution is 8.26. The standard InChI is InChI=1S/C20H21N5O3S2/c1-11-4-3-7-25-16(11)22-17(24-8-5-12(6-9-24)15(21)26)13(18(25)27)10-14-19(28)23(2)20(29)30-14/h3-4,7,10,12H,5-6,8-9H2,1-2H3,(H2,21,26). The number of hydrogen-bond donors (Lipinski definition) is 1. The highest BCUT2D eigenvalue weighted by atomic mass is 32.2. The maximum Gasteiger partial charge on any atom is 0.267 e. The number of nitrogens with two attached hydrogens (primary N) is 1. The van der Waals surface area contributed by atoms with Gasteiger partial charge in [-0.25, -0.2) is 4.98 Å². The van der Waals surface area contributed by atoms with Crippen molar-refractivity contribution < 1.29 is 9.59 Å². The van der Waals surface area contributed by atoms with Crippen LogP contribution in [-0.2, 0) is 9.59 Å². The van der Waals surface area contributed by atoms with E-state index in [1.807, 2.05) is 17.9 Å². The first kappa shape index (κ1) is 20.5. The second kappa shape index (κ2) is 7.84. The zero-order valence-corrected chi connectivity index (χ0v) is 18.3. The molecule has 30 heavy (non-hydrogen) atoms. The lowest BCUT2D eigenvalue weighted by Crippen LogP contribution is -2.40. The summed E-state index contributed by atoms with van der Waals surface area (Å²) in [5.41, 5.74) is 6.98. The summed E-state index contributed by atoms with van der Waals surface area (Å²) >= 11 is 6.38. The predicted molar refractivity (Wildman–Crippen MR) is 121 cm³/mol. The third-order valence-corrected chi connectivity index (χ3v) is 7.01. The number of carbonyl (C=O) groups excluding carboxylic acids is 2. The first-order chi connectivity index (χ1) is 14.3. The molecule has 2 aromatic heterocycles. The van der Waals surface area contributed by atoms with Crippen molar-refractivity contribution in [2.24, 2.45) is 11.7 Å². The van der Waals surface area contributed by atoms with Gasteiger partial charge in [0, 0.05) is 32.3 Å². The van der Waals surface area contributed by atoms with Gasteiger partial charge in [0.1, 0.15) is 15.8 Å². The van der Waals surface area contributed by atoms with Crippen LogP contribution in [0.15, 0.2) is 28.0 Å². The topological polar surface area (TPSA) is 101 Å². The number of fused-ring (bicyclic) bond motifs is 1. The van der Waals surface area contributed by atoms with Gasteiger partial charge in [-0.15, -0.1) is 0 Å². The molecule has 0 atom stereocenters. The number of anilines is 1. The molecule has 0 spiro atoms. The molecule has 2 amide bonds. The van der Waals surface area contributed by atoms with E-state index in [0.717, 1.165) is 5.56 Å². The van der Waals surface area contributed by atoms with E-state index in [-0.39, 0.29) is 23.3 Å². The molecule has 2 aliphatic heterocycles. The zero-order chi connectivity index (χ0) is 21.6. The van der Waals surface area contributed by atoms with Crippen LogP contribution in [0, 0.1) is 12.8 Å². The number of aromatic nitrogens is 2. The minimum absolute atomic E-state index is 0.177. The Morgan fingerprint density at radius 2 is 2.03 bits per heavy atom. The molecule has 2 aliphatic rings. The smallest absolute Gasteiger partial charge is 0.267 e. The maximum absolute atomic E-state index is 13.4. The Morgan fingerprint density at radius 3 is 2.63 bits per heavy atom. The lowest BCUT2D eigenvalue weighted by molar-refractivity contribution is -0.122. The van der Waals surface area contributed by atoms with Crippen molar-refractivity contribution in [2.45, 2.75) is 19.8 Å². The molecule has 0 aromatic carbocycles. The van der Waals surface area contributed by atoms with Crippen LogP contribution < -0.4 is 16.2 Å². The Labute approximate surface area is 182 Å². The van der Waals surface area contributed by atoms with Crippen LogP contribution in [-0.4, -0.2) is 50.6 Å². The van der Waals surface area contributed by atoms with Crippen molar-refractivity contribution in [3.05, 3.63) is 44.7 Å². The van der Waals surface area contributed by atoms with Gasteiger partial charge < -0.3 is 10.6 Å². The minimum atomic E-state index is -0.302. The molecule has 10 heteroatoms. The molecule has 0 unspecified atom stereocenters. The van der Waals surface area contributed by atoms with Crippen molar-refractivity contribution in [1.82, 2.24) is 14.3 Å². The molecule has 0 saturated carbocycles. The fourth-order valence-electron chi connectivity index (χ4n) is 3.72. The first-order valence-corrected chi connectivity index (χ1v) is 10.8. The van der Waals surface area contributed by atoms with E-state index in [9.17, 15) is 14.4 Å². The van der Waals surface area contributed by atoms with E-state index in [4.69, 9.17) is 22.9 Å². The SMILES string of the molecule is Cc1cccn2c(=O)c(C=C3SC(=S)N(C)C3=O)c(N3CCC(C(N)=O)CC3)nc12. The minimum Gasteiger partial charge on any atom is -0.369 e. The fourth-order valence-corrected chi connectivity index (χ4v) is 4.88. The van der Waals surface area contributed by atoms with Crippen LogP contribution in [0.25, 0.3) is 11.7 Å². The number of carbonyl (C=O) groups is 2. The molecule has 2 aromatic rings. The third-order valence-electron chi connectivity index (χ3n) is 5.52. The summed E-state index contributed by atoms with van der Waals surface area (Å²) in [5, 5.41) is 0. The molecule has 0 aliphatic carbocycles. The Balaban J connectivity index is 1.86. The van der Waals surface area contributed by atoms with Crippen LogP contribution in [0.4, 0.5) is 5.82 Å². The summed E-state index contributed by atoms with van der Waals surface area (Å²) in [6, 6.07) is 3.69. The summed E-state index contributed by atoms with van der Waals surface area (Å²) < 4.78 is 1.94. The van der Waals surface area contributed by atoms with Crippen molar-refractivity contribution in [3.8, 4) is 0 Å². The number of likely N-dealkylation sites (N-methyl/N-ethyl adjacent to an activating group) is 1. The second-order valence-corrected chi connectivity index (χ2v) is 9.12. The van der Waals surface area contributed by atoms with Gasteiger partial charge in [0.25, 0.3) is 11.5 Å². The average molecular weight is 444 g/mol. The van der Waals surface area contributed by atoms with Crippen molar-refractivity contribution in [3.63, 3.8) is 0 Å². The Morgan fingerprint density at radius 1 is 1.33 bits per heavy atom. The largest absolute Gasteiger partial charge is 0.369 e. The van der Waals surface area contributed by atoms with Crippen LogP contribution in [0.3, 0.4) is 0 Å². The van der Waals surface area contributed by atoms with Gasteiger partial charge in [-0.05, 0) is 37.5 Å². The quantitative estimate of drug-likeness (QED) is 0.567. The lowest BCUT2D eigenvalue weighted by atomic mass is 9.96. The monoisotopic (exact) mass is 443 g/mol. The van der Waals surface area contributed by atoms with Gasteiger partial charge >= 0.3 is 0 Å². The van der Waals surface area contributed by atoms with Gasteiger partial charge in [0.2, 0.25) is 5.91 Å². The van der Waals surface area contributed by atoms with Gasteiger partial charge in [0.05, 0.1) is 10.5 Å². The van der Waals surface area contributed by atoms with Gasteiger partial charge in [-0.2, -0.15) is 0 Å². The number of amides is 2. The molecule has 156 valence electrons. The van der Waals surface area contributed by atoms with E-state index >= 15 is 0 Å². The maximum atomic E-state index is 13.4. The van der Waals surface area contributed by atoms with E-state index in [0.29, 0.717) is 52.2 Å². The summed E-state index contributed by atoms with van der Waals surface area (Å²) in [7, 11) is 1.61. The summed E-state index contributed by atoms with van der Waals surface area (Å²) in [6.45, 7) is 3.00. The Kier molecular flexibility index (Phi) is 5.37. The van der Waals surface area contributed by atoms with E-state index < -0.39 is 0 Å². The van der Waals surface area contributed by atoms with Crippen LogP contribution in [0.1, 0.15) is 24.0 Å². The predicted octanol–water partition coefficient (Wildman–Crippen LogP) is 1.54. The van der Waals surface area contributed by atoms with Gasteiger partial charge in [-0.1, -0.05) is 30.0 Å². The molecule has 2 saturated heterocycles. The van der Waals surface area contributed by atoms with Crippen molar-refractivity contribution in [1.29, 1.82) is 0 Å². The van der Waals surface area contributed by atoms with Gasteiger partial charge in [-0.3, -0.25) is 23.7 Å². The number of pyridine rings is 1. The number of thioether (sulfide) groups is 1. The third kappa shape index (κ3) is 3.50. The zero-order valence-electron chi connectivity index (χ0n) is 16.6. The molecular weight excluding hydrogens is 422 g/mol. The molecule has 0 bridgehead atoms. The van der Waals surface area contributed by atoms with E-state index in [2.05, 4.69) is 0 Å². The van der Waals surface area contributed by atoms with Crippen molar-refractivity contribution >= 4 is 57.7 Å². The number of nitrogens with zero attached hydrogens (tertiary/aromatic N) is 4. The number of hydrogen-bond acceptors (Lipinski definition) is 7. The molecule has 4 rings (SSSR count). The van der Waals surface area contributed by atoms with Crippen molar-refractivity contribution in [2.75, 3.05) is 25.0 Å². The highest BCUT2D eigenvalue weighted by Crippen LogP contribution is 2.33. The summed E-state index contributed by atoms with van der Waals surface area (Å²) in [6.07, 6.45) is 4.45. The van der Waals surface area contributed by atoms with E-state index in [1.165, 1.54) is 21.1 Å². The highest BCUT2D eigenvalue weighted by Gasteiger charge is 2.31. The normalized spacial score (nSPS) is 19.3. The molecule has 0 radical (unpaired) electrons. The number of rotatable bonds is 3. The van der Waals surface area contributed by atoms with Gasteiger partial charge in [0.15, 0.2) is 0 Å². The molecule has 2 N–H and O–H groups in total. The number of piperidine rings is 1. The Bertz CT molecular complexity index is 1160.